The lowest BCUT2D eigenvalue weighted by atomic mass is 9.69. The van der Waals surface area contributed by atoms with Crippen LogP contribution in [0.25, 0.3) is 6.08 Å². The van der Waals surface area contributed by atoms with Crippen LogP contribution in [0.5, 0.6) is 0 Å². The molecule has 0 radical (unpaired) electrons. The molecule has 3 rings (SSSR count). The molecule has 0 atom stereocenters. The lowest BCUT2D eigenvalue weighted by Crippen LogP contribution is -2.28. The minimum atomic E-state index is -0.754. The number of rotatable bonds is 9. The monoisotopic (exact) mass is 448 g/mol. The molecular weight excluding hydrogens is 408 g/mol. The van der Waals surface area contributed by atoms with E-state index < -0.39 is 11.6 Å². The number of carbonyl (C=O) groups is 1. The van der Waals surface area contributed by atoms with E-state index in [2.05, 4.69) is 70.2 Å². The zero-order valence-electron chi connectivity index (χ0n) is 20.8. The number of aliphatic carboxylic acids is 1. The van der Waals surface area contributed by atoms with Crippen LogP contribution >= 0.6 is 0 Å². The number of aliphatic hydroxyl groups is 1. The molecule has 0 unspecified atom stereocenters. The first kappa shape index (κ1) is 25.2. The Balaban J connectivity index is 1.90. The van der Waals surface area contributed by atoms with E-state index in [1.807, 2.05) is 6.08 Å². The summed E-state index contributed by atoms with van der Waals surface area (Å²) in [6.45, 7) is 8.74. The van der Waals surface area contributed by atoms with E-state index in [0.717, 1.165) is 49.7 Å². The van der Waals surface area contributed by atoms with Gasteiger partial charge in [0.05, 0.1) is 5.60 Å². The fraction of sp³-hybridized carbons (Fsp3) is 0.500. The second-order valence-electron chi connectivity index (χ2n) is 9.89. The number of benzene rings is 2. The van der Waals surface area contributed by atoms with Gasteiger partial charge in [0.2, 0.25) is 0 Å². The summed E-state index contributed by atoms with van der Waals surface area (Å²) in [4.78, 5) is 11.0. The lowest BCUT2D eigenvalue weighted by Gasteiger charge is -2.34. The van der Waals surface area contributed by atoms with Crippen molar-refractivity contribution < 1.29 is 15.0 Å². The molecule has 3 nitrogen and oxygen atoms in total. The van der Waals surface area contributed by atoms with Crippen molar-refractivity contribution in [3.05, 3.63) is 75.9 Å². The van der Waals surface area contributed by atoms with E-state index in [1.54, 1.807) is 0 Å². The summed E-state index contributed by atoms with van der Waals surface area (Å²) >= 11 is 0. The van der Waals surface area contributed by atoms with E-state index >= 15 is 0 Å². The van der Waals surface area contributed by atoms with Crippen LogP contribution in [0.15, 0.2) is 42.5 Å². The first-order valence-corrected chi connectivity index (χ1v) is 12.6. The van der Waals surface area contributed by atoms with Gasteiger partial charge in [-0.15, -0.1) is 0 Å². The summed E-state index contributed by atoms with van der Waals surface area (Å²) in [6, 6.07) is 13.3. The third-order valence-electron chi connectivity index (χ3n) is 7.83. The SMILES string of the molecule is CCC(CC)(c1ccc(/C=C/C2(O)CCCCC2)c(C)c1)c1ccc(CCC(=O)O)c(C)c1. The zero-order valence-corrected chi connectivity index (χ0v) is 20.8. The molecule has 1 saturated carbocycles. The maximum absolute atomic E-state index is 11.0. The largest absolute Gasteiger partial charge is 0.481 e. The molecule has 3 heteroatoms. The minimum absolute atomic E-state index is 0.0787. The topological polar surface area (TPSA) is 57.5 Å². The molecule has 178 valence electrons. The average molecular weight is 449 g/mol. The molecule has 0 aromatic heterocycles. The van der Waals surface area contributed by atoms with Crippen molar-refractivity contribution in [3.63, 3.8) is 0 Å². The van der Waals surface area contributed by atoms with E-state index in [0.29, 0.717) is 6.42 Å². The van der Waals surface area contributed by atoms with E-state index in [1.165, 1.54) is 28.7 Å². The van der Waals surface area contributed by atoms with Crippen LogP contribution in [-0.2, 0) is 16.6 Å². The summed E-state index contributed by atoms with van der Waals surface area (Å²) in [7, 11) is 0. The van der Waals surface area contributed by atoms with Crippen LogP contribution in [0.4, 0.5) is 0 Å². The van der Waals surface area contributed by atoms with Gasteiger partial charge < -0.3 is 10.2 Å². The Morgan fingerprint density at radius 1 is 0.970 bits per heavy atom. The molecule has 0 bridgehead atoms. The quantitative estimate of drug-likeness (QED) is 0.429. The molecule has 1 aliphatic rings. The van der Waals surface area contributed by atoms with Crippen molar-refractivity contribution >= 4 is 12.0 Å². The Labute approximate surface area is 199 Å². The molecule has 0 amide bonds. The summed E-state index contributed by atoms with van der Waals surface area (Å²) in [5.74, 6) is -0.754. The Bertz CT molecular complexity index is 992. The van der Waals surface area contributed by atoms with Crippen molar-refractivity contribution in [2.75, 3.05) is 0 Å². The van der Waals surface area contributed by atoms with Crippen molar-refractivity contribution in [2.45, 2.75) is 96.5 Å². The summed E-state index contributed by atoms with van der Waals surface area (Å²) in [5.41, 5.74) is 6.55. The maximum atomic E-state index is 11.0. The van der Waals surface area contributed by atoms with Crippen LogP contribution in [0, 0.1) is 13.8 Å². The van der Waals surface area contributed by atoms with Crippen LogP contribution in [0.2, 0.25) is 0 Å². The van der Waals surface area contributed by atoms with Crippen molar-refractivity contribution in [1.82, 2.24) is 0 Å². The molecule has 0 spiro atoms. The highest BCUT2D eigenvalue weighted by Crippen LogP contribution is 2.40. The summed E-state index contributed by atoms with van der Waals surface area (Å²) in [5, 5.41) is 19.9. The standard InChI is InChI=1S/C30H40O3/c1-5-30(6-2,26-13-10-24(22(3)20-26)12-15-28(31)32)27-14-11-25(23(4)21-27)16-19-29(33)17-8-7-9-18-29/h10-11,13-14,16,19-21,33H,5-9,12,15,17-18H2,1-4H3,(H,31,32)/b19-16+. The predicted molar refractivity (Wildman–Crippen MR) is 137 cm³/mol. The highest BCUT2D eigenvalue weighted by atomic mass is 16.4. The van der Waals surface area contributed by atoms with Gasteiger partial charge in [-0.3, -0.25) is 4.79 Å². The molecule has 2 aromatic carbocycles. The first-order chi connectivity index (χ1) is 15.7. The number of hydrogen-bond donors (Lipinski definition) is 2. The van der Waals surface area contributed by atoms with Crippen LogP contribution < -0.4 is 0 Å². The average Bonchev–Trinajstić information content (AvgIpc) is 2.79. The molecular formula is C30H40O3. The third-order valence-corrected chi connectivity index (χ3v) is 7.83. The maximum Gasteiger partial charge on any atom is 0.303 e. The Hall–Kier alpha value is -2.39. The summed E-state index contributed by atoms with van der Waals surface area (Å²) < 4.78 is 0. The fourth-order valence-electron chi connectivity index (χ4n) is 5.48. The van der Waals surface area contributed by atoms with Gasteiger partial charge in [0.1, 0.15) is 0 Å². The van der Waals surface area contributed by atoms with E-state index in [4.69, 9.17) is 5.11 Å². The molecule has 0 heterocycles. The van der Waals surface area contributed by atoms with Gasteiger partial charge in [-0.1, -0.05) is 81.7 Å². The molecule has 2 aromatic rings. The van der Waals surface area contributed by atoms with Crippen molar-refractivity contribution in [2.24, 2.45) is 0 Å². The van der Waals surface area contributed by atoms with E-state index in [-0.39, 0.29) is 11.8 Å². The molecule has 2 N–H and O–H groups in total. The molecule has 33 heavy (non-hydrogen) atoms. The van der Waals surface area contributed by atoms with Gasteiger partial charge in [0.25, 0.3) is 0 Å². The van der Waals surface area contributed by atoms with Crippen molar-refractivity contribution in [3.8, 4) is 0 Å². The second-order valence-corrected chi connectivity index (χ2v) is 9.89. The van der Waals surface area contributed by atoms with Gasteiger partial charge in [-0.2, -0.15) is 0 Å². The highest BCUT2D eigenvalue weighted by Gasteiger charge is 2.31. The number of aryl methyl sites for hydroxylation is 3. The smallest absolute Gasteiger partial charge is 0.303 e. The summed E-state index contributed by atoms with van der Waals surface area (Å²) in [6.07, 6.45) is 12.0. The first-order valence-electron chi connectivity index (χ1n) is 12.6. The molecule has 1 aliphatic carbocycles. The fourth-order valence-corrected chi connectivity index (χ4v) is 5.48. The van der Waals surface area contributed by atoms with Gasteiger partial charge in [0.15, 0.2) is 0 Å². The third kappa shape index (κ3) is 5.76. The van der Waals surface area contributed by atoms with E-state index in [9.17, 15) is 9.90 Å². The van der Waals surface area contributed by atoms with Gasteiger partial charge in [-0.25, -0.2) is 0 Å². The predicted octanol–water partition coefficient (Wildman–Crippen LogP) is 7.14. The minimum Gasteiger partial charge on any atom is -0.481 e. The highest BCUT2D eigenvalue weighted by molar-refractivity contribution is 5.67. The lowest BCUT2D eigenvalue weighted by molar-refractivity contribution is -0.136. The Kier molecular flexibility index (Phi) is 8.18. The number of carboxylic acids is 1. The van der Waals surface area contributed by atoms with Gasteiger partial charge in [0, 0.05) is 11.8 Å². The molecule has 0 saturated heterocycles. The molecule has 1 fully saturated rings. The normalized spacial score (nSPS) is 16.3. The van der Waals surface area contributed by atoms with Gasteiger partial charge >= 0.3 is 5.97 Å². The van der Waals surface area contributed by atoms with Crippen molar-refractivity contribution in [1.29, 1.82) is 0 Å². The van der Waals surface area contributed by atoms with Crippen LogP contribution in [0.3, 0.4) is 0 Å². The Morgan fingerprint density at radius 2 is 1.58 bits per heavy atom. The second kappa shape index (κ2) is 10.7. The Morgan fingerprint density at radius 3 is 2.12 bits per heavy atom. The zero-order chi connectivity index (χ0) is 24.1. The van der Waals surface area contributed by atoms with Gasteiger partial charge in [-0.05, 0) is 79.3 Å². The number of hydrogen-bond acceptors (Lipinski definition) is 2. The van der Waals surface area contributed by atoms with Crippen LogP contribution in [-0.4, -0.2) is 21.8 Å². The van der Waals surface area contributed by atoms with Crippen LogP contribution in [0.1, 0.15) is 98.6 Å². The number of carboxylic acid groups (broad SMARTS) is 1. The molecule has 0 aliphatic heterocycles.